The summed E-state index contributed by atoms with van der Waals surface area (Å²) in [4.78, 5) is 21.2. The summed E-state index contributed by atoms with van der Waals surface area (Å²) in [6.07, 6.45) is 5.76. The second-order valence-corrected chi connectivity index (χ2v) is 6.49. The van der Waals surface area contributed by atoms with Crippen molar-refractivity contribution >= 4 is 17.4 Å². The van der Waals surface area contributed by atoms with Crippen molar-refractivity contribution in [3.8, 4) is 0 Å². The fraction of sp³-hybridized carbons (Fsp3) is 0.421. The van der Waals surface area contributed by atoms with Gasteiger partial charge in [-0.25, -0.2) is 9.97 Å². The van der Waals surface area contributed by atoms with Gasteiger partial charge in [0.2, 0.25) is 0 Å². The molecule has 2 aromatic rings. The minimum atomic E-state index is -0.111. The quantitative estimate of drug-likeness (QED) is 0.895. The summed E-state index contributed by atoms with van der Waals surface area (Å²) in [6, 6.07) is 10.0. The molecule has 1 aromatic carbocycles. The van der Waals surface area contributed by atoms with E-state index in [9.17, 15) is 4.79 Å². The van der Waals surface area contributed by atoms with Gasteiger partial charge in [0.25, 0.3) is 5.91 Å². The van der Waals surface area contributed by atoms with Gasteiger partial charge >= 0.3 is 0 Å². The molecule has 1 aromatic heterocycles. The Kier molecular flexibility index (Phi) is 5.08. The largest absolute Gasteiger partial charge is 0.348 e. The highest BCUT2D eigenvalue weighted by molar-refractivity contribution is 5.93. The third kappa shape index (κ3) is 4.31. The standard InChI is InChI=1S/C19H24N4O/c1-13-7-6-10-16(11-13)22-18-12-17(20-14(2)21-18)19(24)23-15-8-4-3-5-9-15/h6-7,10-12,15H,3-5,8-9H2,1-2H3,(H,23,24)(H,20,21,22). The number of hydrogen-bond acceptors (Lipinski definition) is 4. The summed E-state index contributed by atoms with van der Waals surface area (Å²) in [6.45, 7) is 3.85. The van der Waals surface area contributed by atoms with Gasteiger partial charge in [0.05, 0.1) is 0 Å². The molecule has 0 aliphatic heterocycles. The van der Waals surface area contributed by atoms with E-state index in [1.807, 2.05) is 31.2 Å². The first-order chi connectivity index (χ1) is 11.6. The minimum absolute atomic E-state index is 0.111. The molecule has 1 amide bonds. The number of aryl methyl sites for hydroxylation is 2. The molecule has 1 aliphatic rings. The summed E-state index contributed by atoms with van der Waals surface area (Å²) in [5, 5.41) is 6.36. The van der Waals surface area contributed by atoms with E-state index in [2.05, 4.69) is 20.6 Å². The van der Waals surface area contributed by atoms with Crippen LogP contribution in [-0.2, 0) is 0 Å². The van der Waals surface area contributed by atoms with Gasteiger partial charge in [0.15, 0.2) is 0 Å². The van der Waals surface area contributed by atoms with E-state index in [4.69, 9.17) is 0 Å². The highest BCUT2D eigenvalue weighted by Gasteiger charge is 2.18. The number of carbonyl (C=O) groups is 1. The van der Waals surface area contributed by atoms with Crippen LogP contribution in [0.5, 0.6) is 0 Å². The Labute approximate surface area is 142 Å². The molecule has 24 heavy (non-hydrogen) atoms. The Bertz CT molecular complexity index is 723. The number of carbonyl (C=O) groups excluding carboxylic acids is 1. The van der Waals surface area contributed by atoms with E-state index in [0.717, 1.165) is 18.5 Å². The van der Waals surface area contributed by atoms with E-state index in [-0.39, 0.29) is 11.9 Å². The van der Waals surface area contributed by atoms with Crippen molar-refractivity contribution in [2.45, 2.75) is 52.0 Å². The fourth-order valence-corrected chi connectivity index (χ4v) is 3.13. The molecule has 0 saturated heterocycles. The maximum atomic E-state index is 12.5. The summed E-state index contributed by atoms with van der Waals surface area (Å²) in [5.74, 6) is 1.11. The normalized spacial score (nSPS) is 15.1. The lowest BCUT2D eigenvalue weighted by Crippen LogP contribution is -2.36. The maximum Gasteiger partial charge on any atom is 0.270 e. The maximum absolute atomic E-state index is 12.5. The van der Waals surface area contributed by atoms with Crippen LogP contribution in [0.3, 0.4) is 0 Å². The summed E-state index contributed by atoms with van der Waals surface area (Å²) >= 11 is 0. The first-order valence-electron chi connectivity index (χ1n) is 8.60. The van der Waals surface area contributed by atoms with Crippen LogP contribution in [-0.4, -0.2) is 21.9 Å². The first kappa shape index (κ1) is 16.4. The Morgan fingerprint density at radius 3 is 2.62 bits per heavy atom. The molecule has 126 valence electrons. The predicted octanol–water partition coefficient (Wildman–Crippen LogP) is 3.90. The lowest BCUT2D eigenvalue weighted by molar-refractivity contribution is 0.0922. The van der Waals surface area contributed by atoms with Crippen LogP contribution >= 0.6 is 0 Å². The Balaban J connectivity index is 1.74. The molecule has 1 saturated carbocycles. The molecular weight excluding hydrogens is 300 g/mol. The number of benzene rings is 1. The van der Waals surface area contributed by atoms with Crippen LogP contribution in [0.4, 0.5) is 11.5 Å². The van der Waals surface area contributed by atoms with Crippen LogP contribution < -0.4 is 10.6 Å². The highest BCUT2D eigenvalue weighted by Crippen LogP contribution is 2.19. The van der Waals surface area contributed by atoms with Crippen LogP contribution in [0.1, 0.15) is 54.0 Å². The monoisotopic (exact) mass is 324 g/mol. The molecule has 1 fully saturated rings. The number of amides is 1. The van der Waals surface area contributed by atoms with E-state index >= 15 is 0 Å². The molecule has 0 unspecified atom stereocenters. The number of aromatic nitrogens is 2. The number of nitrogens with one attached hydrogen (secondary N) is 2. The first-order valence-corrected chi connectivity index (χ1v) is 8.60. The molecule has 2 N–H and O–H groups in total. The molecule has 5 heteroatoms. The van der Waals surface area contributed by atoms with Crippen molar-refractivity contribution in [1.82, 2.24) is 15.3 Å². The van der Waals surface area contributed by atoms with Crippen molar-refractivity contribution in [2.75, 3.05) is 5.32 Å². The molecular formula is C19H24N4O. The third-order valence-electron chi connectivity index (χ3n) is 4.30. The summed E-state index contributed by atoms with van der Waals surface area (Å²) in [7, 11) is 0. The number of rotatable bonds is 4. The van der Waals surface area contributed by atoms with E-state index in [1.54, 1.807) is 13.0 Å². The summed E-state index contributed by atoms with van der Waals surface area (Å²) in [5.41, 5.74) is 2.54. The van der Waals surface area contributed by atoms with Gasteiger partial charge in [-0.05, 0) is 44.4 Å². The second kappa shape index (κ2) is 7.43. The average molecular weight is 324 g/mol. The Hall–Kier alpha value is -2.43. The molecule has 0 atom stereocenters. The molecule has 0 bridgehead atoms. The number of anilines is 2. The van der Waals surface area contributed by atoms with Gasteiger partial charge in [0, 0.05) is 17.8 Å². The molecule has 1 aliphatic carbocycles. The fourth-order valence-electron chi connectivity index (χ4n) is 3.13. The lowest BCUT2D eigenvalue weighted by Gasteiger charge is -2.22. The van der Waals surface area contributed by atoms with Gasteiger partial charge in [-0.3, -0.25) is 4.79 Å². The molecule has 3 rings (SSSR count). The highest BCUT2D eigenvalue weighted by atomic mass is 16.1. The van der Waals surface area contributed by atoms with Crippen molar-refractivity contribution < 1.29 is 4.79 Å². The lowest BCUT2D eigenvalue weighted by atomic mass is 9.95. The van der Waals surface area contributed by atoms with E-state index in [0.29, 0.717) is 17.3 Å². The van der Waals surface area contributed by atoms with Crippen LogP contribution in [0.25, 0.3) is 0 Å². The molecule has 1 heterocycles. The number of hydrogen-bond donors (Lipinski definition) is 2. The zero-order chi connectivity index (χ0) is 16.9. The van der Waals surface area contributed by atoms with Gasteiger partial charge in [-0.15, -0.1) is 0 Å². The van der Waals surface area contributed by atoms with E-state index in [1.165, 1.54) is 24.8 Å². The topological polar surface area (TPSA) is 66.9 Å². The SMILES string of the molecule is Cc1cccc(Nc2cc(C(=O)NC3CCCCC3)nc(C)n2)c1. The van der Waals surface area contributed by atoms with Gasteiger partial charge < -0.3 is 10.6 Å². The smallest absolute Gasteiger partial charge is 0.270 e. The van der Waals surface area contributed by atoms with E-state index < -0.39 is 0 Å². The van der Waals surface area contributed by atoms with Crippen molar-refractivity contribution in [1.29, 1.82) is 0 Å². The van der Waals surface area contributed by atoms with Crippen molar-refractivity contribution in [3.63, 3.8) is 0 Å². The van der Waals surface area contributed by atoms with Gasteiger partial charge in [-0.2, -0.15) is 0 Å². The Morgan fingerprint density at radius 2 is 1.88 bits per heavy atom. The number of nitrogens with zero attached hydrogens (tertiary/aromatic N) is 2. The second-order valence-electron chi connectivity index (χ2n) is 6.49. The molecule has 0 spiro atoms. The van der Waals surface area contributed by atoms with Crippen molar-refractivity contribution in [3.05, 3.63) is 47.4 Å². The van der Waals surface area contributed by atoms with Gasteiger partial charge in [0.1, 0.15) is 17.3 Å². The average Bonchev–Trinajstić information content (AvgIpc) is 2.55. The van der Waals surface area contributed by atoms with Crippen LogP contribution in [0, 0.1) is 13.8 Å². The minimum Gasteiger partial charge on any atom is -0.348 e. The van der Waals surface area contributed by atoms with Crippen molar-refractivity contribution in [2.24, 2.45) is 0 Å². The zero-order valence-corrected chi connectivity index (χ0v) is 14.3. The summed E-state index contributed by atoms with van der Waals surface area (Å²) < 4.78 is 0. The third-order valence-corrected chi connectivity index (χ3v) is 4.30. The van der Waals surface area contributed by atoms with Gasteiger partial charge in [-0.1, -0.05) is 31.4 Å². The Morgan fingerprint density at radius 1 is 1.08 bits per heavy atom. The van der Waals surface area contributed by atoms with Crippen LogP contribution in [0.15, 0.2) is 30.3 Å². The predicted molar refractivity (Wildman–Crippen MR) is 95.6 cm³/mol. The van der Waals surface area contributed by atoms with Crippen LogP contribution in [0.2, 0.25) is 0 Å². The zero-order valence-electron chi connectivity index (χ0n) is 14.3. The molecule has 0 radical (unpaired) electrons. The molecule has 5 nitrogen and oxygen atoms in total.